The highest BCUT2D eigenvalue weighted by molar-refractivity contribution is 6.14. The third-order valence-electron chi connectivity index (χ3n) is 4.21. The molecule has 1 aliphatic heterocycles. The summed E-state index contributed by atoms with van der Waals surface area (Å²) in [6.45, 7) is 4.30. The zero-order chi connectivity index (χ0) is 14.7. The van der Waals surface area contributed by atoms with Gasteiger partial charge in [-0.2, -0.15) is 0 Å². The number of rotatable bonds is 3. The highest BCUT2D eigenvalue weighted by atomic mass is 15.1. The van der Waals surface area contributed by atoms with Gasteiger partial charge in [0.15, 0.2) is 0 Å². The molecule has 0 radical (unpaired) electrons. The fourth-order valence-electron chi connectivity index (χ4n) is 2.97. The van der Waals surface area contributed by atoms with Crippen LogP contribution in [-0.4, -0.2) is 18.8 Å². The van der Waals surface area contributed by atoms with Gasteiger partial charge in [-0.25, -0.2) is 0 Å². The molecule has 1 saturated heterocycles. The molecule has 2 aromatic carbocycles. The standard InChI is InChI=1S/C19H22N2/c1-15-9-11-16(12-10-15)19(20)17-7-3-4-8-18(17)21-13-5-2-6-14-21/h3-4,7-12,20H,2,5-6,13-14H2,1H3. The Morgan fingerprint density at radius 1 is 0.905 bits per heavy atom. The molecule has 0 spiro atoms. The first-order valence-corrected chi connectivity index (χ1v) is 7.75. The molecule has 1 aliphatic rings. The summed E-state index contributed by atoms with van der Waals surface area (Å²) in [5.74, 6) is 0. The van der Waals surface area contributed by atoms with Gasteiger partial charge >= 0.3 is 0 Å². The molecule has 1 heterocycles. The van der Waals surface area contributed by atoms with Crippen LogP contribution in [0, 0.1) is 12.3 Å². The fourth-order valence-corrected chi connectivity index (χ4v) is 2.97. The van der Waals surface area contributed by atoms with Crippen molar-refractivity contribution in [3.63, 3.8) is 0 Å². The first-order chi connectivity index (χ1) is 10.3. The monoisotopic (exact) mass is 278 g/mol. The Morgan fingerprint density at radius 2 is 1.57 bits per heavy atom. The predicted molar refractivity (Wildman–Crippen MR) is 89.6 cm³/mol. The van der Waals surface area contributed by atoms with Gasteiger partial charge in [0.05, 0.1) is 5.71 Å². The van der Waals surface area contributed by atoms with Gasteiger partial charge in [-0.05, 0) is 32.3 Å². The van der Waals surface area contributed by atoms with E-state index in [-0.39, 0.29) is 0 Å². The number of anilines is 1. The number of nitrogens with zero attached hydrogens (tertiary/aromatic N) is 1. The Hall–Kier alpha value is -2.09. The van der Waals surface area contributed by atoms with E-state index in [0.717, 1.165) is 24.2 Å². The lowest BCUT2D eigenvalue weighted by Crippen LogP contribution is -2.30. The van der Waals surface area contributed by atoms with E-state index in [9.17, 15) is 0 Å². The van der Waals surface area contributed by atoms with Crippen molar-refractivity contribution in [1.29, 1.82) is 5.41 Å². The number of nitrogens with one attached hydrogen (secondary N) is 1. The summed E-state index contributed by atoms with van der Waals surface area (Å²) in [6, 6.07) is 16.6. The van der Waals surface area contributed by atoms with E-state index in [1.807, 2.05) is 18.2 Å². The van der Waals surface area contributed by atoms with Crippen LogP contribution in [0.25, 0.3) is 0 Å². The van der Waals surface area contributed by atoms with E-state index in [2.05, 4.69) is 42.2 Å². The van der Waals surface area contributed by atoms with Gasteiger partial charge in [0.1, 0.15) is 0 Å². The Labute approximate surface area is 126 Å². The van der Waals surface area contributed by atoms with Crippen LogP contribution in [0.3, 0.4) is 0 Å². The summed E-state index contributed by atoms with van der Waals surface area (Å²) in [6.07, 6.45) is 3.84. The lowest BCUT2D eigenvalue weighted by Gasteiger charge is -2.30. The van der Waals surface area contributed by atoms with Crippen LogP contribution in [0.2, 0.25) is 0 Å². The second-order valence-electron chi connectivity index (χ2n) is 5.81. The van der Waals surface area contributed by atoms with E-state index in [1.165, 1.54) is 30.5 Å². The molecule has 0 saturated carbocycles. The number of hydrogen-bond acceptors (Lipinski definition) is 2. The number of para-hydroxylation sites is 1. The molecule has 3 rings (SSSR count). The molecule has 0 amide bonds. The zero-order valence-corrected chi connectivity index (χ0v) is 12.6. The molecule has 2 aromatic rings. The first-order valence-electron chi connectivity index (χ1n) is 7.75. The lowest BCUT2D eigenvalue weighted by atomic mass is 9.98. The van der Waals surface area contributed by atoms with Crippen molar-refractivity contribution in [3.8, 4) is 0 Å². The maximum Gasteiger partial charge on any atom is 0.0705 e. The topological polar surface area (TPSA) is 27.1 Å². The van der Waals surface area contributed by atoms with Crippen LogP contribution in [0.1, 0.15) is 36.0 Å². The number of hydrogen-bond donors (Lipinski definition) is 1. The molecular formula is C19H22N2. The maximum absolute atomic E-state index is 8.57. The van der Waals surface area contributed by atoms with Crippen LogP contribution >= 0.6 is 0 Å². The van der Waals surface area contributed by atoms with Crippen LogP contribution in [0.4, 0.5) is 5.69 Å². The highest BCUT2D eigenvalue weighted by Gasteiger charge is 2.16. The van der Waals surface area contributed by atoms with Crippen LogP contribution in [-0.2, 0) is 0 Å². The van der Waals surface area contributed by atoms with E-state index >= 15 is 0 Å². The van der Waals surface area contributed by atoms with Crippen molar-refractivity contribution < 1.29 is 0 Å². The third-order valence-corrected chi connectivity index (χ3v) is 4.21. The Kier molecular flexibility index (Phi) is 4.05. The van der Waals surface area contributed by atoms with Crippen molar-refractivity contribution in [2.24, 2.45) is 0 Å². The molecule has 21 heavy (non-hydrogen) atoms. The molecule has 0 bridgehead atoms. The molecule has 2 nitrogen and oxygen atoms in total. The van der Waals surface area contributed by atoms with E-state index < -0.39 is 0 Å². The van der Waals surface area contributed by atoms with E-state index in [1.54, 1.807) is 0 Å². The Balaban J connectivity index is 1.94. The summed E-state index contributed by atoms with van der Waals surface area (Å²) in [7, 11) is 0. The van der Waals surface area contributed by atoms with Gasteiger partial charge in [-0.1, -0.05) is 48.0 Å². The summed E-state index contributed by atoms with van der Waals surface area (Å²) in [5, 5.41) is 8.57. The summed E-state index contributed by atoms with van der Waals surface area (Å²) < 4.78 is 0. The quantitative estimate of drug-likeness (QED) is 0.828. The van der Waals surface area contributed by atoms with Gasteiger partial charge < -0.3 is 4.90 Å². The van der Waals surface area contributed by atoms with Crippen LogP contribution in [0.15, 0.2) is 48.5 Å². The molecule has 1 N–H and O–H groups in total. The van der Waals surface area contributed by atoms with E-state index in [4.69, 9.17) is 5.41 Å². The second kappa shape index (κ2) is 6.13. The minimum Gasteiger partial charge on any atom is -0.371 e. The molecule has 0 aliphatic carbocycles. The van der Waals surface area contributed by atoms with Gasteiger partial charge in [0.25, 0.3) is 0 Å². The van der Waals surface area contributed by atoms with Crippen LogP contribution < -0.4 is 4.90 Å². The Morgan fingerprint density at radius 3 is 2.29 bits per heavy atom. The SMILES string of the molecule is Cc1ccc(C(=N)c2ccccc2N2CCCCC2)cc1. The van der Waals surface area contributed by atoms with Crippen molar-refractivity contribution in [1.82, 2.24) is 0 Å². The van der Waals surface area contributed by atoms with Gasteiger partial charge in [-0.3, -0.25) is 5.41 Å². The van der Waals surface area contributed by atoms with Crippen molar-refractivity contribution in [2.75, 3.05) is 18.0 Å². The van der Waals surface area contributed by atoms with Gasteiger partial charge in [0, 0.05) is 29.9 Å². The molecular weight excluding hydrogens is 256 g/mol. The Bertz CT molecular complexity index is 622. The predicted octanol–water partition coefficient (Wildman–Crippen LogP) is 4.40. The fraction of sp³-hybridized carbons (Fsp3) is 0.316. The lowest BCUT2D eigenvalue weighted by molar-refractivity contribution is 0.577. The second-order valence-corrected chi connectivity index (χ2v) is 5.81. The van der Waals surface area contributed by atoms with Gasteiger partial charge in [0.2, 0.25) is 0 Å². The van der Waals surface area contributed by atoms with Gasteiger partial charge in [-0.15, -0.1) is 0 Å². The average Bonchev–Trinajstić information content (AvgIpc) is 2.56. The van der Waals surface area contributed by atoms with Crippen molar-refractivity contribution in [2.45, 2.75) is 26.2 Å². The molecule has 1 fully saturated rings. The van der Waals surface area contributed by atoms with Crippen molar-refractivity contribution in [3.05, 3.63) is 65.2 Å². The van der Waals surface area contributed by atoms with Crippen molar-refractivity contribution >= 4 is 11.4 Å². The molecule has 0 aromatic heterocycles. The normalized spacial score (nSPS) is 15.0. The van der Waals surface area contributed by atoms with E-state index in [0.29, 0.717) is 5.71 Å². The summed E-state index contributed by atoms with van der Waals surface area (Å²) in [5.41, 5.74) is 5.10. The first kappa shape index (κ1) is 13.9. The minimum absolute atomic E-state index is 0.621. The summed E-state index contributed by atoms with van der Waals surface area (Å²) in [4.78, 5) is 2.43. The smallest absolute Gasteiger partial charge is 0.0705 e. The van der Waals surface area contributed by atoms with Crippen LogP contribution in [0.5, 0.6) is 0 Å². The molecule has 0 unspecified atom stereocenters. The number of benzene rings is 2. The third kappa shape index (κ3) is 2.99. The summed E-state index contributed by atoms with van der Waals surface area (Å²) >= 11 is 0. The number of aryl methyl sites for hydroxylation is 1. The zero-order valence-electron chi connectivity index (χ0n) is 12.6. The highest BCUT2D eigenvalue weighted by Crippen LogP contribution is 2.26. The molecule has 0 atom stereocenters. The number of piperidine rings is 1. The maximum atomic E-state index is 8.57. The molecule has 108 valence electrons. The average molecular weight is 278 g/mol. The minimum atomic E-state index is 0.621. The largest absolute Gasteiger partial charge is 0.371 e. The molecule has 2 heteroatoms.